The van der Waals surface area contributed by atoms with Gasteiger partial charge in [0.2, 0.25) is 5.91 Å². The predicted octanol–water partition coefficient (Wildman–Crippen LogP) is 3.60. The molecule has 5 rings (SSSR count). The van der Waals surface area contributed by atoms with Crippen LogP contribution in [0.2, 0.25) is 10.0 Å². The SMILES string of the molecule is Cc1csc(NC(=O)Cc2nc(N3C[C@@H]4[C@H](C3)[C@H]4NC(=O)c3[nH]c(C)c(Cl)c3Cl)sc2C(=O)O)n1. The van der Waals surface area contributed by atoms with Gasteiger partial charge in [-0.3, -0.25) is 9.59 Å². The molecule has 0 aromatic carbocycles. The number of hydrogen-bond acceptors (Lipinski definition) is 8. The molecule has 3 aromatic heterocycles. The van der Waals surface area contributed by atoms with Crippen molar-refractivity contribution in [3.05, 3.63) is 43.1 Å². The number of halogens is 2. The van der Waals surface area contributed by atoms with Crippen molar-refractivity contribution in [2.75, 3.05) is 23.3 Å². The Morgan fingerprint density at radius 3 is 2.49 bits per heavy atom. The molecule has 0 unspecified atom stereocenters. The number of nitrogens with zero attached hydrogens (tertiary/aromatic N) is 3. The van der Waals surface area contributed by atoms with Crippen molar-refractivity contribution in [3.63, 3.8) is 0 Å². The smallest absolute Gasteiger partial charge is 0.347 e. The molecular formula is C21H20Cl2N6O4S2. The molecular weight excluding hydrogens is 535 g/mol. The van der Waals surface area contributed by atoms with E-state index in [0.29, 0.717) is 34.1 Å². The maximum absolute atomic E-state index is 12.6. The van der Waals surface area contributed by atoms with Gasteiger partial charge in [-0.05, 0) is 13.8 Å². The minimum absolute atomic E-state index is 0.00288. The minimum Gasteiger partial charge on any atom is -0.477 e. The molecule has 0 bridgehead atoms. The Bertz CT molecular complexity index is 1340. The number of carboxylic acid groups (broad SMARTS) is 1. The number of aromatic nitrogens is 3. The highest BCUT2D eigenvalue weighted by molar-refractivity contribution is 7.17. The first kappa shape index (κ1) is 24.0. The Labute approximate surface area is 217 Å². The van der Waals surface area contributed by atoms with E-state index in [9.17, 15) is 19.5 Å². The first-order valence-electron chi connectivity index (χ1n) is 10.7. The van der Waals surface area contributed by atoms with Gasteiger partial charge in [0.15, 0.2) is 10.3 Å². The summed E-state index contributed by atoms with van der Waals surface area (Å²) in [4.78, 5) is 50.4. The van der Waals surface area contributed by atoms with Crippen LogP contribution >= 0.6 is 45.9 Å². The summed E-state index contributed by atoms with van der Waals surface area (Å²) in [6.45, 7) is 4.82. The largest absolute Gasteiger partial charge is 0.477 e. The molecule has 10 nitrogen and oxygen atoms in total. The van der Waals surface area contributed by atoms with Crippen molar-refractivity contribution in [1.82, 2.24) is 20.3 Å². The van der Waals surface area contributed by atoms with Gasteiger partial charge >= 0.3 is 5.97 Å². The molecule has 35 heavy (non-hydrogen) atoms. The zero-order valence-corrected chi connectivity index (χ0v) is 21.7. The van der Waals surface area contributed by atoms with Crippen molar-refractivity contribution >= 4 is 73.9 Å². The number of aromatic carboxylic acids is 1. The van der Waals surface area contributed by atoms with E-state index >= 15 is 0 Å². The number of hydrogen-bond donors (Lipinski definition) is 4. The van der Waals surface area contributed by atoms with Crippen LogP contribution in [-0.4, -0.2) is 57.0 Å². The third kappa shape index (κ3) is 4.63. The fourth-order valence-electron chi connectivity index (χ4n) is 4.34. The molecule has 0 radical (unpaired) electrons. The first-order valence-corrected chi connectivity index (χ1v) is 13.1. The lowest BCUT2D eigenvalue weighted by atomic mass is 10.2. The van der Waals surface area contributed by atoms with E-state index in [0.717, 1.165) is 17.0 Å². The number of anilines is 2. The summed E-state index contributed by atoms with van der Waals surface area (Å²) in [6.07, 6.45) is -0.158. The zero-order valence-electron chi connectivity index (χ0n) is 18.5. The highest BCUT2D eigenvalue weighted by atomic mass is 35.5. The lowest BCUT2D eigenvalue weighted by Crippen LogP contribution is -2.34. The number of piperidine rings is 1. The summed E-state index contributed by atoms with van der Waals surface area (Å²) in [5.74, 6) is -1.35. The van der Waals surface area contributed by atoms with E-state index in [1.165, 1.54) is 11.3 Å². The van der Waals surface area contributed by atoms with Crippen molar-refractivity contribution in [2.45, 2.75) is 26.3 Å². The van der Waals surface area contributed by atoms with Gasteiger partial charge in [-0.1, -0.05) is 34.5 Å². The number of amides is 2. The van der Waals surface area contributed by atoms with E-state index in [1.54, 1.807) is 6.92 Å². The molecule has 2 fully saturated rings. The van der Waals surface area contributed by atoms with Crippen molar-refractivity contribution in [2.24, 2.45) is 11.8 Å². The second-order valence-electron chi connectivity index (χ2n) is 8.58. The van der Waals surface area contributed by atoms with Gasteiger partial charge in [-0.2, -0.15) is 0 Å². The highest BCUT2D eigenvalue weighted by Gasteiger charge is 2.57. The summed E-state index contributed by atoms with van der Waals surface area (Å²) in [7, 11) is 0. The van der Waals surface area contributed by atoms with Crippen LogP contribution in [-0.2, 0) is 11.2 Å². The van der Waals surface area contributed by atoms with Crippen LogP contribution < -0.4 is 15.5 Å². The number of thiazole rings is 2. The molecule has 1 saturated carbocycles. The summed E-state index contributed by atoms with van der Waals surface area (Å²) >= 11 is 14.6. The number of rotatable bonds is 7. The van der Waals surface area contributed by atoms with Gasteiger partial charge in [-0.15, -0.1) is 11.3 Å². The summed E-state index contributed by atoms with van der Waals surface area (Å²) in [5.41, 5.74) is 1.90. The number of carbonyl (C=O) groups excluding carboxylic acids is 2. The van der Waals surface area contributed by atoms with Crippen molar-refractivity contribution in [1.29, 1.82) is 0 Å². The molecule has 184 valence electrons. The van der Waals surface area contributed by atoms with Crippen LogP contribution in [0.25, 0.3) is 0 Å². The van der Waals surface area contributed by atoms with E-state index in [-0.39, 0.29) is 57.4 Å². The molecule has 3 atom stereocenters. The van der Waals surface area contributed by atoms with Gasteiger partial charge in [0.25, 0.3) is 5.91 Å². The number of carbonyl (C=O) groups is 3. The molecule has 14 heteroatoms. The number of carboxylic acids is 1. The zero-order chi connectivity index (χ0) is 25.0. The topological polar surface area (TPSA) is 140 Å². The van der Waals surface area contributed by atoms with Crippen molar-refractivity contribution in [3.8, 4) is 0 Å². The molecule has 3 aromatic rings. The third-order valence-electron chi connectivity index (χ3n) is 6.12. The summed E-state index contributed by atoms with van der Waals surface area (Å²) < 4.78 is 0. The molecule has 1 aliphatic heterocycles. The molecule has 1 saturated heterocycles. The molecule has 2 amide bonds. The van der Waals surface area contributed by atoms with Gasteiger partial charge < -0.3 is 25.6 Å². The van der Waals surface area contributed by atoms with Crippen LogP contribution in [0.5, 0.6) is 0 Å². The van der Waals surface area contributed by atoms with Gasteiger partial charge in [0, 0.05) is 42.0 Å². The lowest BCUT2D eigenvalue weighted by Gasteiger charge is -2.19. The molecule has 0 spiro atoms. The van der Waals surface area contributed by atoms with Gasteiger partial charge in [0.05, 0.1) is 27.9 Å². The van der Waals surface area contributed by atoms with E-state index in [2.05, 4.69) is 25.6 Å². The van der Waals surface area contributed by atoms with Crippen molar-refractivity contribution < 1.29 is 19.5 Å². The van der Waals surface area contributed by atoms with Crippen LogP contribution in [0.15, 0.2) is 5.38 Å². The number of fused-ring (bicyclic) bond motifs is 1. The lowest BCUT2D eigenvalue weighted by molar-refractivity contribution is -0.115. The standard InChI is InChI=1S/C21H20Cl2N6O4S2/c1-7-6-34-20(24-7)27-12(30)3-11-17(19(32)33)35-21(26-11)29-4-9-10(5-29)15(9)28-18(31)16-14(23)13(22)8(2)25-16/h6,9-10,15,25H,3-5H2,1-2H3,(H,28,31)(H,32,33)(H,24,27,30)/t9-,10+,15+. The summed E-state index contributed by atoms with van der Waals surface area (Å²) in [5, 5.41) is 18.7. The monoisotopic (exact) mass is 554 g/mol. The predicted molar refractivity (Wildman–Crippen MR) is 134 cm³/mol. The molecule has 1 aliphatic carbocycles. The average Bonchev–Trinajstić information content (AvgIpc) is 3.30. The van der Waals surface area contributed by atoms with Gasteiger partial charge in [-0.25, -0.2) is 14.8 Å². The Morgan fingerprint density at radius 2 is 1.91 bits per heavy atom. The summed E-state index contributed by atoms with van der Waals surface area (Å²) in [6, 6.07) is 0.00288. The normalized spacial score (nSPS) is 20.6. The second kappa shape index (κ2) is 9.08. The number of nitrogens with one attached hydrogen (secondary N) is 3. The highest BCUT2D eigenvalue weighted by Crippen LogP contribution is 2.48. The van der Waals surface area contributed by atoms with E-state index in [4.69, 9.17) is 23.2 Å². The van der Waals surface area contributed by atoms with Gasteiger partial charge in [0.1, 0.15) is 10.6 Å². The number of H-pyrrole nitrogens is 1. The van der Waals surface area contributed by atoms with Crippen LogP contribution in [0, 0.1) is 25.7 Å². The minimum atomic E-state index is -1.12. The third-order valence-corrected chi connectivity index (χ3v) is 9.09. The molecule has 4 heterocycles. The Hall–Kier alpha value is -2.67. The maximum atomic E-state index is 12.6. The first-order chi connectivity index (χ1) is 16.6. The Kier molecular flexibility index (Phi) is 6.24. The Balaban J connectivity index is 1.21. The fourth-order valence-corrected chi connectivity index (χ4v) is 6.40. The number of aromatic amines is 1. The van der Waals surface area contributed by atoms with E-state index < -0.39 is 5.97 Å². The molecule has 4 N–H and O–H groups in total. The van der Waals surface area contributed by atoms with Crippen LogP contribution in [0.3, 0.4) is 0 Å². The Morgan fingerprint density at radius 1 is 1.20 bits per heavy atom. The van der Waals surface area contributed by atoms with Crippen LogP contribution in [0.4, 0.5) is 10.3 Å². The number of aryl methyl sites for hydroxylation is 2. The van der Waals surface area contributed by atoms with Crippen LogP contribution in [0.1, 0.15) is 37.2 Å². The average molecular weight is 555 g/mol. The molecule has 2 aliphatic rings. The maximum Gasteiger partial charge on any atom is 0.347 e. The fraction of sp³-hybridized carbons (Fsp3) is 0.381. The second-order valence-corrected chi connectivity index (χ2v) is 11.2. The quantitative estimate of drug-likeness (QED) is 0.349. The van der Waals surface area contributed by atoms with E-state index in [1.807, 2.05) is 17.2 Å².